The van der Waals surface area contributed by atoms with Gasteiger partial charge in [0.15, 0.2) is 11.0 Å². The fourth-order valence-corrected chi connectivity index (χ4v) is 4.58. The minimum atomic E-state index is 0.199. The molecule has 0 N–H and O–H groups in total. The highest BCUT2D eigenvalue weighted by molar-refractivity contribution is 7.99. The van der Waals surface area contributed by atoms with Crippen molar-refractivity contribution in [1.29, 1.82) is 0 Å². The summed E-state index contributed by atoms with van der Waals surface area (Å²) in [5, 5.41) is 9.45. The van der Waals surface area contributed by atoms with Crippen molar-refractivity contribution in [3.05, 3.63) is 24.3 Å². The molecule has 1 atom stereocenters. The normalized spacial score (nSPS) is 17.0. The zero-order chi connectivity index (χ0) is 20.1. The van der Waals surface area contributed by atoms with Crippen LogP contribution >= 0.6 is 11.8 Å². The van der Waals surface area contributed by atoms with Crippen molar-refractivity contribution in [3.8, 4) is 11.4 Å². The van der Waals surface area contributed by atoms with E-state index in [1.807, 2.05) is 16.5 Å². The Morgan fingerprint density at radius 1 is 1.18 bits per heavy atom. The van der Waals surface area contributed by atoms with Gasteiger partial charge in [0, 0.05) is 44.0 Å². The lowest BCUT2D eigenvalue weighted by atomic mass is 10.0. The van der Waals surface area contributed by atoms with Gasteiger partial charge in [-0.25, -0.2) is 0 Å². The van der Waals surface area contributed by atoms with E-state index in [0.717, 1.165) is 49.0 Å². The molecule has 1 aliphatic rings. The van der Waals surface area contributed by atoms with Crippen LogP contribution < -0.4 is 4.90 Å². The predicted molar refractivity (Wildman–Crippen MR) is 116 cm³/mol. The van der Waals surface area contributed by atoms with Gasteiger partial charge in [-0.05, 0) is 64.3 Å². The van der Waals surface area contributed by atoms with E-state index in [9.17, 15) is 4.79 Å². The number of anilines is 1. The summed E-state index contributed by atoms with van der Waals surface area (Å²) >= 11 is 1.47. The molecule has 152 valence electrons. The molecular formula is C21H31N5OS. The Morgan fingerprint density at radius 3 is 2.54 bits per heavy atom. The number of hydrogen-bond donors (Lipinski definition) is 0. The highest BCUT2D eigenvalue weighted by Gasteiger charge is 2.23. The third-order valence-electron chi connectivity index (χ3n) is 5.54. The summed E-state index contributed by atoms with van der Waals surface area (Å²) in [5.41, 5.74) is 2.25. The minimum absolute atomic E-state index is 0.199. The van der Waals surface area contributed by atoms with Crippen LogP contribution in [0.15, 0.2) is 29.4 Å². The predicted octanol–water partition coefficient (Wildman–Crippen LogP) is 3.82. The van der Waals surface area contributed by atoms with Gasteiger partial charge in [0.2, 0.25) is 5.91 Å². The first-order valence-corrected chi connectivity index (χ1v) is 11.2. The van der Waals surface area contributed by atoms with Gasteiger partial charge < -0.3 is 14.4 Å². The van der Waals surface area contributed by atoms with Crippen LogP contribution in [-0.4, -0.2) is 57.0 Å². The Kier molecular flexibility index (Phi) is 6.99. The molecule has 1 amide bonds. The van der Waals surface area contributed by atoms with E-state index in [0.29, 0.717) is 11.8 Å². The largest absolute Gasteiger partial charge is 0.372 e. The number of rotatable bonds is 7. The third-order valence-corrected chi connectivity index (χ3v) is 6.54. The van der Waals surface area contributed by atoms with E-state index < -0.39 is 0 Å². The van der Waals surface area contributed by atoms with Crippen LogP contribution in [0.25, 0.3) is 11.4 Å². The number of likely N-dealkylation sites (tertiary alicyclic amines) is 1. The molecule has 2 aromatic rings. The summed E-state index contributed by atoms with van der Waals surface area (Å²) < 4.78 is 1.98. The van der Waals surface area contributed by atoms with E-state index in [2.05, 4.69) is 60.1 Å². The molecule has 3 rings (SSSR count). The van der Waals surface area contributed by atoms with Gasteiger partial charge >= 0.3 is 0 Å². The summed E-state index contributed by atoms with van der Waals surface area (Å²) in [6, 6.07) is 8.79. The van der Waals surface area contributed by atoms with Crippen molar-refractivity contribution < 1.29 is 4.79 Å². The molecule has 0 bridgehead atoms. The number of thioether (sulfide) groups is 1. The van der Waals surface area contributed by atoms with Gasteiger partial charge in [-0.1, -0.05) is 11.8 Å². The number of nitrogens with zero attached hydrogens (tertiary/aromatic N) is 5. The van der Waals surface area contributed by atoms with Crippen LogP contribution in [0.4, 0.5) is 5.69 Å². The molecule has 1 aromatic heterocycles. The van der Waals surface area contributed by atoms with Gasteiger partial charge in [-0.15, -0.1) is 10.2 Å². The second kappa shape index (κ2) is 9.45. The fourth-order valence-electron chi connectivity index (χ4n) is 3.78. The molecule has 28 heavy (non-hydrogen) atoms. The van der Waals surface area contributed by atoms with Crippen molar-refractivity contribution >= 4 is 23.4 Å². The van der Waals surface area contributed by atoms with Crippen LogP contribution in [0.2, 0.25) is 0 Å². The number of benzene rings is 1. The number of carbonyl (C=O) groups is 1. The Balaban J connectivity index is 1.66. The molecule has 0 saturated carbocycles. The first kappa shape index (κ1) is 20.7. The van der Waals surface area contributed by atoms with Crippen LogP contribution in [0, 0.1) is 0 Å². The molecule has 7 heteroatoms. The average molecular weight is 402 g/mol. The van der Waals surface area contributed by atoms with E-state index in [1.165, 1.54) is 23.9 Å². The summed E-state index contributed by atoms with van der Waals surface area (Å²) in [7, 11) is 1.96. The second-order valence-corrected chi connectivity index (χ2v) is 8.25. The number of hydrogen-bond acceptors (Lipinski definition) is 5. The maximum Gasteiger partial charge on any atom is 0.233 e. The summed E-state index contributed by atoms with van der Waals surface area (Å²) in [6.07, 6.45) is 3.43. The zero-order valence-electron chi connectivity index (χ0n) is 17.4. The van der Waals surface area contributed by atoms with Gasteiger partial charge in [-0.2, -0.15) is 0 Å². The van der Waals surface area contributed by atoms with Crippen molar-refractivity contribution in [2.45, 2.75) is 51.2 Å². The molecule has 1 unspecified atom stereocenters. The fraction of sp³-hybridized carbons (Fsp3) is 0.571. The molecule has 0 aliphatic carbocycles. The summed E-state index contributed by atoms with van der Waals surface area (Å²) in [5.74, 6) is 1.44. The molecule has 2 heterocycles. The van der Waals surface area contributed by atoms with Gasteiger partial charge in [0.1, 0.15) is 0 Å². The lowest BCUT2D eigenvalue weighted by molar-refractivity contribution is -0.131. The number of amides is 1. The highest BCUT2D eigenvalue weighted by Crippen LogP contribution is 2.26. The van der Waals surface area contributed by atoms with Crippen LogP contribution in [0.3, 0.4) is 0 Å². The number of aromatic nitrogens is 3. The second-order valence-electron chi connectivity index (χ2n) is 7.30. The molecule has 1 aliphatic heterocycles. The van der Waals surface area contributed by atoms with Crippen LogP contribution in [0.5, 0.6) is 0 Å². The van der Waals surface area contributed by atoms with Crippen molar-refractivity contribution in [3.63, 3.8) is 0 Å². The molecule has 1 aromatic carbocycles. The highest BCUT2D eigenvalue weighted by atomic mass is 32.2. The molecule has 1 saturated heterocycles. The van der Waals surface area contributed by atoms with Gasteiger partial charge in [-0.3, -0.25) is 4.79 Å². The number of piperidine rings is 1. The molecule has 6 nitrogen and oxygen atoms in total. The Bertz CT molecular complexity index is 785. The Hall–Kier alpha value is -2.02. The van der Waals surface area contributed by atoms with Crippen LogP contribution in [-0.2, 0) is 11.8 Å². The minimum Gasteiger partial charge on any atom is -0.372 e. The van der Waals surface area contributed by atoms with E-state index in [-0.39, 0.29) is 5.91 Å². The van der Waals surface area contributed by atoms with E-state index in [1.54, 1.807) is 0 Å². The van der Waals surface area contributed by atoms with Gasteiger partial charge in [0.05, 0.1) is 5.75 Å². The van der Waals surface area contributed by atoms with Crippen molar-refractivity contribution in [2.24, 2.45) is 7.05 Å². The number of carbonyl (C=O) groups excluding carboxylic acids is 1. The smallest absolute Gasteiger partial charge is 0.233 e. The SMILES string of the molecule is CCN(CC)c1ccc(-c2nnc(SCC(=O)N3CCCCC3C)n2C)cc1. The molecule has 1 fully saturated rings. The first-order valence-electron chi connectivity index (χ1n) is 10.2. The molecule has 0 spiro atoms. The molecule has 0 radical (unpaired) electrons. The topological polar surface area (TPSA) is 54.3 Å². The van der Waals surface area contributed by atoms with E-state index >= 15 is 0 Å². The summed E-state index contributed by atoms with van der Waals surface area (Å²) in [4.78, 5) is 16.9. The van der Waals surface area contributed by atoms with E-state index in [4.69, 9.17) is 0 Å². The monoisotopic (exact) mass is 401 g/mol. The Labute approximate surface area is 172 Å². The van der Waals surface area contributed by atoms with Crippen LogP contribution in [0.1, 0.15) is 40.0 Å². The van der Waals surface area contributed by atoms with Crippen molar-refractivity contribution in [1.82, 2.24) is 19.7 Å². The molecular weight excluding hydrogens is 370 g/mol. The van der Waals surface area contributed by atoms with Gasteiger partial charge in [0.25, 0.3) is 0 Å². The van der Waals surface area contributed by atoms with Crippen molar-refractivity contribution in [2.75, 3.05) is 30.3 Å². The maximum atomic E-state index is 12.6. The summed E-state index contributed by atoms with van der Waals surface area (Å²) in [6.45, 7) is 9.33. The standard InChI is InChI=1S/C21H31N5OS/c1-5-25(6-2)18-12-10-17(11-13-18)20-22-23-21(24(20)4)28-15-19(27)26-14-8-7-9-16(26)3/h10-13,16H,5-9,14-15H2,1-4H3. The zero-order valence-corrected chi connectivity index (χ0v) is 18.2. The lowest BCUT2D eigenvalue weighted by Crippen LogP contribution is -2.42. The first-order chi connectivity index (χ1) is 13.5. The third kappa shape index (κ3) is 4.51. The average Bonchev–Trinajstić information content (AvgIpc) is 3.08. The lowest BCUT2D eigenvalue weighted by Gasteiger charge is -2.33. The quantitative estimate of drug-likeness (QED) is 0.660. The maximum absolute atomic E-state index is 12.6. The Morgan fingerprint density at radius 2 is 1.89 bits per heavy atom.